The van der Waals surface area contributed by atoms with Gasteiger partial charge < -0.3 is 25.6 Å². The van der Waals surface area contributed by atoms with Crippen LogP contribution in [0.15, 0.2) is 48.8 Å². The Balaban J connectivity index is 1.74. The van der Waals surface area contributed by atoms with Crippen molar-refractivity contribution in [3.63, 3.8) is 0 Å². The number of benzene rings is 1. The molecule has 1 saturated heterocycles. The van der Waals surface area contributed by atoms with E-state index in [1.807, 2.05) is 6.07 Å². The van der Waals surface area contributed by atoms with Crippen LogP contribution >= 0.6 is 0 Å². The van der Waals surface area contributed by atoms with Crippen molar-refractivity contribution in [2.24, 2.45) is 5.73 Å². The van der Waals surface area contributed by atoms with E-state index >= 15 is 0 Å². The normalized spacial score (nSPS) is 23.0. The number of aromatic nitrogens is 2. The maximum Gasteiger partial charge on any atom is 0.226 e. The van der Waals surface area contributed by atoms with Crippen LogP contribution < -0.4 is 15.8 Å². The summed E-state index contributed by atoms with van der Waals surface area (Å²) in [6.45, 7) is 0.880. The standard InChI is InChI=1S/C20H17FN4O3/c21-18-13(2-1-5-24-18)11-3-4-16-14(6-11)20(10-23-9-17(22)28-20)15-7-12(26)8-25-19(15)27-16/h1-8,17,23,26H,9-10,22H2/t17-,20?/m0/s1. The molecule has 4 N–H and O–H groups in total. The highest BCUT2D eigenvalue weighted by Gasteiger charge is 2.47. The predicted molar refractivity (Wildman–Crippen MR) is 98.3 cm³/mol. The van der Waals surface area contributed by atoms with Crippen molar-refractivity contribution in [3.05, 3.63) is 65.9 Å². The highest BCUT2D eigenvalue weighted by atomic mass is 19.1. The summed E-state index contributed by atoms with van der Waals surface area (Å²) >= 11 is 0. The molecule has 0 saturated carbocycles. The third-order valence-corrected chi connectivity index (χ3v) is 5.04. The van der Waals surface area contributed by atoms with Crippen LogP contribution in [-0.2, 0) is 10.3 Å². The molecule has 7 nitrogen and oxygen atoms in total. The first kappa shape index (κ1) is 17.1. The maximum atomic E-state index is 14.2. The number of fused-ring (bicyclic) bond motifs is 4. The Bertz CT molecular complexity index is 1080. The summed E-state index contributed by atoms with van der Waals surface area (Å²) < 4.78 is 26.4. The summed E-state index contributed by atoms with van der Waals surface area (Å²) in [4.78, 5) is 7.92. The first-order valence-electron chi connectivity index (χ1n) is 8.84. The first-order valence-corrected chi connectivity index (χ1v) is 8.84. The smallest absolute Gasteiger partial charge is 0.226 e. The molecular formula is C20H17FN4O3. The fraction of sp³-hybridized carbons (Fsp3) is 0.200. The number of nitrogens with one attached hydrogen (secondary N) is 1. The van der Waals surface area contributed by atoms with Crippen LogP contribution in [0.1, 0.15) is 11.1 Å². The highest BCUT2D eigenvalue weighted by molar-refractivity contribution is 5.68. The SMILES string of the molecule is N[C@@H]1CNCC2(O1)c1cc(-c3cccnc3F)ccc1Oc1ncc(O)cc12. The minimum absolute atomic E-state index is 0.0117. The van der Waals surface area contributed by atoms with Crippen LogP contribution in [0, 0.1) is 5.95 Å². The number of halogens is 1. The Kier molecular flexibility index (Phi) is 3.80. The van der Waals surface area contributed by atoms with Gasteiger partial charge in [-0.2, -0.15) is 4.39 Å². The minimum atomic E-state index is -1.03. The Labute approximate surface area is 160 Å². The second kappa shape index (κ2) is 6.23. The average molecular weight is 380 g/mol. The van der Waals surface area contributed by atoms with Gasteiger partial charge in [-0.3, -0.25) is 0 Å². The van der Waals surface area contributed by atoms with Gasteiger partial charge in [-0.15, -0.1) is 0 Å². The third-order valence-electron chi connectivity index (χ3n) is 5.04. The van der Waals surface area contributed by atoms with Crippen molar-refractivity contribution in [1.29, 1.82) is 0 Å². The van der Waals surface area contributed by atoms with E-state index in [0.717, 1.165) is 0 Å². The Hall–Kier alpha value is -3.07. The van der Waals surface area contributed by atoms with E-state index in [2.05, 4.69) is 15.3 Å². The van der Waals surface area contributed by atoms with Crippen molar-refractivity contribution in [2.45, 2.75) is 11.8 Å². The van der Waals surface area contributed by atoms with Crippen molar-refractivity contribution < 1.29 is 19.0 Å². The van der Waals surface area contributed by atoms with Crippen LogP contribution in [0.4, 0.5) is 4.39 Å². The van der Waals surface area contributed by atoms with Gasteiger partial charge in [0.2, 0.25) is 11.8 Å². The van der Waals surface area contributed by atoms with Gasteiger partial charge in [-0.1, -0.05) is 6.07 Å². The van der Waals surface area contributed by atoms with E-state index in [1.165, 1.54) is 12.4 Å². The van der Waals surface area contributed by atoms with E-state index in [4.69, 9.17) is 15.2 Å². The van der Waals surface area contributed by atoms with Gasteiger partial charge in [0, 0.05) is 30.4 Å². The lowest BCUT2D eigenvalue weighted by Crippen LogP contribution is -2.56. The van der Waals surface area contributed by atoms with Gasteiger partial charge in [0.25, 0.3) is 0 Å². The van der Waals surface area contributed by atoms with E-state index in [0.29, 0.717) is 47.0 Å². The largest absolute Gasteiger partial charge is 0.506 e. The minimum Gasteiger partial charge on any atom is -0.506 e. The zero-order valence-electron chi connectivity index (χ0n) is 14.7. The molecule has 0 aliphatic carbocycles. The van der Waals surface area contributed by atoms with Gasteiger partial charge in [0.1, 0.15) is 23.3 Å². The summed E-state index contributed by atoms with van der Waals surface area (Å²) in [5, 5.41) is 13.3. The molecular weight excluding hydrogens is 363 g/mol. The number of rotatable bonds is 1. The van der Waals surface area contributed by atoms with Crippen LogP contribution in [0.3, 0.4) is 0 Å². The van der Waals surface area contributed by atoms with E-state index in [9.17, 15) is 9.50 Å². The Morgan fingerprint density at radius 3 is 2.93 bits per heavy atom. The van der Waals surface area contributed by atoms with E-state index < -0.39 is 17.8 Å². The van der Waals surface area contributed by atoms with Gasteiger partial charge >= 0.3 is 0 Å². The maximum absolute atomic E-state index is 14.2. The topological polar surface area (TPSA) is 103 Å². The molecule has 1 unspecified atom stereocenters. The lowest BCUT2D eigenvalue weighted by atomic mass is 9.82. The third kappa shape index (κ3) is 2.54. The molecule has 4 heterocycles. The van der Waals surface area contributed by atoms with Gasteiger partial charge in [-0.25, -0.2) is 9.97 Å². The molecule has 1 fully saturated rings. The summed E-state index contributed by atoms with van der Waals surface area (Å²) in [5.41, 5.74) is 7.30. The Morgan fingerprint density at radius 2 is 2.11 bits per heavy atom. The molecule has 1 spiro atoms. The number of hydrogen-bond acceptors (Lipinski definition) is 7. The number of ether oxygens (including phenoxy) is 2. The molecule has 142 valence electrons. The summed E-state index contributed by atoms with van der Waals surface area (Å²) in [6.07, 6.45) is 2.14. The Morgan fingerprint density at radius 1 is 1.21 bits per heavy atom. The van der Waals surface area contributed by atoms with Crippen LogP contribution in [0.5, 0.6) is 17.4 Å². The molecule has 1 aromatic carbocycles. The molecule has 2 aliphatic heterocycles. The van der Waals surface area contributed by atoms with Gasteiger partial charge in [0.15, 0.2) is 0 Å². The molecule has 5 rings (SSSR count). The first-order chi connectivity index (χ1) is 13.6. The van der Waals surface area contributed by atoms with Crippen LogP contribution in [-0.4, -0.2) is 34.4 Å². The average Bonchev–Trinajstić information content (AvgIpc) is 2.69. The summed E-state index contributed by atoms with van der Waals surface area (Å²) in [5.74, 6) is 0.297. The fourth-order valence-corrected chi connectivity index (χ4v) is 3.81. The van der Waals surface area contributed by atoms with E-state index in [1.54, 1.807) is 30.3 Å². The van der Waals surface area contributed by atoms with Gasteiger partial charge in [0.05, 0.1) is 11.8 Å². The molecule has 0 bridgehead atoms. The number of hydrogen-bond donors (Lipinski definition) is 3. The molecule has 8 heteroatoms. The van der Waals surface area contributed by atoms with E-state index in [-0.39, 0.29) is 5.75 Å². The summed E-state index contributed by atoms with van der Waals surface area (Å²) in [6, 6.07) is 10.2. The predicted octanol–water partition coefficient (Wildman–Crippen LogP) is 2.24. The van der Waals surface area contributed by atoms with Crippen molar-refractivity contribution in [1.82, 2.24) is 15.3 Å². The number of aromatic hydroxyl groups is 1. The monoisotopic (exact) mass is 380 g/mol. The fourth-order valence-electron chi connectivity index (χ4n) is 3.81. The van der Waals surface area contributed by atoms with Crippen LogP contribution in [0.2, 0.25) is 0 Å². The molecule has 3 aromatic rings. The number of nitrogens with two attached hydrogens (primary N) is 1. The highest BCUT2D eigenvalue weighted by Crippen LogP contribution is 2.50. The zero-order valence-corrected chi connectivity index (χ0v) is 14.7. The van der Waals surface area contributed by atoms with Crippen molar-refractivity contribution in [2.75, 3.05) is 13.1 Å². The quantitative estimate of drug-likeness (QED) is 0.557. The number of morpholine rings is 1. The molecule has 2 aliphatic rings. The molecule has 0 amide bonds. The molecule has 2 aromatic heterocycles. The lowest BCUT2D eigenvalue weighted by molar-refractivity contribution is -0.0974. The lowest BCUT2D eigenvalue weighted by Gasteiger charge is -2.44. The second-order valence-corrected chi connectivity index (χ2v) is 6.82. The van der Waals surface area contributed by atoms with Gasteiger partial charge in [-0.05, 0) is 35.9 Å². The molecule has 28 heavy (non-hydrogen) atoms. The van der Waals surface area contributed by atoms with Crippen molar-refractivity contribution >= 4 is 0 Å². The van der Waals surface area contributed by atoms with Crippen molar-refractivity contribution in [3.8, 4) is 28.5 Å². The summed E-state index contributed by atoms with van der Waals surface area (Å²) in [7, 11) is 0. The number of nitrogens with zero attached hydrogens (tertiary/aromatic N) is 2. The molecule has 0 radical (unpaired) electrons. The molecule has 2 atom stereocenters. The van der Waals surface area contributed by atoms with Crippen LogP contribution in [0.25, 0.3) is 11.1 Å². The zero-order chi connectivity index (χ0) is 19.3. The number of pyridine rings is 2. The second-order valence-electron chi connectivity index (χ2n) is 6.82.